The Balaban J connectivity index is 1.94. The smallest absolute Gasteiger partial charge is 0.0522 e. The van der Waals surface area contributed by atoms with Gasteiger partial charge in [-0.25, -0.2) is 0 Å². The molecule has 1 atom stereocenters. The summed E-state index contributed by atoms with van der Waals surface area (Å²) in [6.45, 7) is 1.19. The van der Waals surface area contributed by atoms with E-state index < -0.39 is 0 Å². The summed E-state index contributed by atoms with van der Waals surface area (Å²) in [5.41, 5.74) is 1.34. The van der Waals surface area contributed by atoms with Gasteiger partial charge in [0.2, 0.25) is 0 Å². The Morgan fingerprint density at radius 1 is 1.75 bits per heavy atom. The first-order chi connectivity index (χ1) is 5.84. The van der Waals surface area contributed by atoms with Crippen molar-refractivity contribution in [2.24, 2.45) is 7.05 Å². The van der Waals surface area contributed by atoms with Gasteiger partial charge >= 0.3 is 0 Å². The first-order valence-corrected chi connectivity index (χ1v) is 4.55. The molecule has 0 aliphatic carbocycles. The molecule has 2 heterocycles. The molecule has 3 heteroatoms. The Morgan fingerprint density at radius 2 is 2.67 bits per heavy atom. The second-order valence-corrected chi connectivity index (χ2v) is 3.52. The molecule has 3 nitrogen and oxygen atoms in total. The normalized spacial score (nSPS) is 23.2. The van der Waals surface area contributed by atoms with E-state index in [1.165, 1.54) is 24.9 Å². The molecule has 66 valence electrons. The minimum atomic E-state index is 0.689. The highest BCUT2D eigenvalue weighted by Gasteiger charge is 2.14. The molecule has 1 fully saturated rings. The van der Waals surface area contributed by atoms with E-state index in [2.05, 4.69) is 16.6 Å². The predicted octanol–water partition coefficient (Wildman–Crippen LogP) is 0.715. The summed E-state index contributed by atoms with van der Waals surface area (Å²) in [5, 5.41) is 7.62. The number of nitrogens with zero attached hydrogens (tertiary/aromatic N) is 2. The highest BCUT2D eigenvalue weighted by Crippen LogP contribution is 2.10. The van der Waals surface area contributed by atoms with Gasteiger partial charge in [-0.3, -0.25) is 4.68 Å². The summed E-state index contributed by atoms with van der Waals surface area (Å²) < 4.78 is 1.87. The lowest BCUT2D eigenvalue weighted by Gasteiger charge is -2.06. The van der Waals surface area contributed by atoms with Crippen LogP contribution in [0.4, 0.5) is 0 Å². The average molecular weight is 165 g/mol. The minimum Gasteiger partial charge on any atom is -0.314 e. The van der Waals surface area contributed by atoms with Gasteiger partial charge in [0, 0.05) is 19.3 Å². The summed E-state index contributed by atoms with van der Waals surface area (Å²) in [6.07, 6.45) is 7.83. The number of aryl methyl sites for hydroxylation is 1. The first-order valence-electron chi connectivity index (χ1n) is 4.55. The zero-order valence-electron chi connectivity index (χ0n) is 7.45. The van der Waals surface area contributed by atoms with Crippen LogP contribution in [0.3, 0.4) is 0 Å². The number of hydrogen-bond donors (Lipinski definition) is 1. The van der Waals surface area contributed by atoms with E-state index in [4.69, 9.17) is 0 Å². The van der Waals surface area contributed by atoms with Gasteiger partial charge in [-0.15, -0.1) is 0 Å². The molecule has 2 rings (SSSR count). The molecule has 1 N–H and O–H groups in total. The third-order valence-electron chi connectivity index (χ3n) is 2.40. The van der Waals surface area contributed by atoms with Gasteiger partial charge in [-0.05, 0) is 31.4 Å². The van der Waals surface area contributed by atoms with E-state index in [9.17, 15) is 0 Å². The monoisotopic (exact) mass is 165 g/mol. The third kappa shape index (κ3) is 1.67. The molecule has 1 aliphatic heterocycles. The van der Waals surface area contributed by atoms with E-state index >= 15 is 0 Å². The minimum absolute atomic E-state index is 0.689. The van der Waals surface area contributed by atoms with Crippen LogP contribution in [0.25, 0.3) is 0 Å². The molecule has 0 radical (unpaired) electrons. The summed E-state index contributed by atoms with van der Waals surface area (Å²) in [5.74, 6) is 0. The molecular weight excluding hydrogens is 150 g/mol. The average Bonchev–Trinajstić information content (AvgIpc) is 2.63. The second-order valence-electron chi connectivity index (χ2n) is 3.52. The third-order valence-corrected chi connectivity index (χ3v) is 2.40. The summed E-state index contributed by atoms with van der Waals surface area (Å²) >= 11 is 0. The van der Waals surface area contributed by atoms with Gasteiger partial charge in [0.05, 0.1) is 6.20 Å². The zero-order chi connectivity index (χ0) is 8.39. The van der Waals surface area contributed by atoms with E-state index in [0.29, 0.717) is 6.04 Å². The van der Waals surface area contributed by atoms with Gasteiger partial charge < -0.3 is 5.32 Å². The molecule has 12 heavy (non-hydrogen) atoms. The van der Waals surface area contributed by atoms with Crippen molar-refractivity contribution in [1.82, 2.24) is 15.1 Å². The molecule has 1 saturated heterocycles. The number of rotatable bonds is 2. The molecule has 1 aliphatic rings. The molecule has 0 spiro atoms. The van der Waals surface area contributed by atoms with Crippen LogP contribution < -0.4 is 5.32 Å². The lowest BCUT2D eigenvalue weighted by Crippen LogP contribution is -2.23. The molecule has 0 bridgehead atoms. The molecule has 0 amide bonds. The second kappa shape index (κ2) is 3.27. The maximum Gasteiger partial charge on any atom is 0.0522 e. The molecule has 1 aromatic rings. The Kier molecular flexibility index (Phi) is 2.13. The number of aromatic nitrogens is 2. The Bertz CT molecular complexity index is 248. The predicted molar refractivity (Wildman–Crippen MR) is 47.9 cm³/mol. The fourth-order valence-electron chi connectivity index (χ4n) is 1.79. The largest absolute Gasteiger partial charge is 0.314 e. The van der Waals surface area contributed by atoms with Gasteiger partial charge in [0.25, 0.3) is 0 Å². The maximum absolute atomic E-state index is 4.15. The van der Waals surface area contributed by atoms with E-state index in [1.54, 1.807) is 0 Å². The van der Waals surface area contributed by atoms with Crippen molar-refractivity contribution in [3.05, 3.63) is 18.0 Å². The van der Waals surface area contributed by atoms with Crippen LogP contribution >= 0.6 is 0 Å². The Labute approximate surface area is 72.8 Å². The highest BCUT2D eigenvalue weighted by atomic mass is 15.2. The molecule has 0 saturated carbocycles. The summed E-state index contributed by atoms with van der Waals surface area (Å²) in [4.78, 5) is 0. The van der Waals surface area contributed by atoms with E-state index in [1.807, 2.05) is 17.9 Å². The van der Waals surface area contributed by atoms with Crippen LogP contribution in [-0.4, -0.2) is 22.4 Å². The lowest BCUT2D eigenvalue weighted by molar-refractivity contribution is 0.602. The molecule has 1 aromatic heterocycles. The number of nitrogens with one attached hydrogen (secondary N) is 1. The molecule has 1 unspecified atom stereocenters. The van der Waals surface area contributed by atoms with Gasteiger partial charge in [0.1, 0.15) is 0 Å². The topological polar surface area (TPSA) is 29.9 Å². The van der Waals surface area contributed by atoms with Crippen molar-refractivity contribution >= 4 is 0 Å². The summed E-state index contributed by atoms with van der Waals surface area (Å²) in [7, 11) is 1.96. The van der Waals surface area contributed by atoms with Crippen LogP contribution in [-0.2, 0) is 13.5 Å². The number of hydrogen-bond acceptors (Lipinski definition) is 2. The first kappa shape index (κ1) is 7.80. The van der Waals surface area contributed by atoms with Gasteiger partial charge in [-0.1, -0.05) is 0 Å². The van der Waals surface area contributed by atoms with Crippen LogP contribution in [0.1, 0.15) is 18.4 Å². The van der Waals surface area contributed by atoms with Crippen molar-refractivity contribution in [3.8, 4) is 0 Å². The fourth-order valence-corrected chi connectivity index (χ4v) is 1.79. The van der Waals surface area contributed by atoms with Crippen molar-refractivity contribution in [2.45, 2.75) is 25.3 Å². The molecular formula is C9H15N3. The molecule has 0 aromatic carbocycles. The standard InChI is InChI=1S/C9H15N3/c1-12-7-8(6-11-12)5-9-3-2-4-10-9/h6-7,9-10H,2-5H2,1H3. The summed E-state index contributed by atoms with van der Waals surface area (Å²) in [6, 6.07) is 0.689. The van der Waals surface area contributed by atoms with Crippen molar-refractivity contribution in [2.75, 3.05) is 6.54 Å². The zero-order valence-corrected chi connectivity index (χ0v) is 7.45. The van der Waals surface area contributed by atoms with E-state index in [0.717, 1.165) is 6.42 Å². The Hall–Kier alpha value is -0.830. The van der Waals surface area contributed by atoms with Crippen LogP contribution in [0.15, 0.2) is 12.4 Å². The Morgan fingerprint density at radius 3 is 3.25 bits per heavy atom. The van der Waals surface area contributed by atoms with Gasteiger partial charge in [0.15, 0.2) is 0 Å². The maximum atomic E-state index is 4.15. The van der Waals surface area contributed by atoms with Crippen molar-refractivity contribution in [3.63, 3.8) is 0 Å². The fraction of sp³-hybridized carbons (Fsp3) is 0.667. The van der Waals surface area contributed by atoms with Crippen LogP contribution in [0.2, 0.25) is 0 Å². The van der Waals surface area contributed by atoms with Crippen LogP contribution in [0, 0.1) is 0 Å². The van der Waals surface area contributed by atoms with Crippen molar-refractivity contribution in [1.29, 1.82) is 0 Å². The van der Waals surface area contributed by atoms with E-state index in [-0.39, 0.29) is 0 Å². The van der Waals surface area contributed by atoms with Crippen LogP contribution in [0.5, 0.6) is 0 Å². The SMILES string of the molecule is Cn1cc(CC2CCCN2)cn1. The van der Waals surface area contributed by atoms with Gasteiger partial charge in [-0.2, -0.15) is 5.10 Å². The quantitative estimate of drug-likeness (QED) is 0.699. The highest BCUT2D eigenvalue weighted by molar-refractivity contribution is 5.06. The lowest BCUT2D eigenvalue weighted by atomic mass is 10.1. The van der Waals surface area contributed by atoms with Crippen molar-refractivity contribution < 1.29 is 0 Å².